The fraction of sp³-hybridized carbons (Fsp3) is 0.565. The summed E-state index contributed by atoms with van der Waals surface area (Å²) in [5.41, 5.74) is 1.23. The van der Waals surface area contributed by atoms with E-state index in [2.05, 4.69) is 51.9 Å². The number of guanidine groups is 1. The summed E-state index contributed by atoms with van der Waals surface area (Å²) in [5.74, 6) is 1.68. The molecule has 2 unspecified atom stereocenters. The Balaban J connectivity index is 0.00000320. The van der Waals surface area contributed by atoms with Crippen LogP contribution in [0.25, 0.3) is 0 Å². The number of unbranched alkanes of at least 4 members (excludes halogenated alkanes) is 1. The number of aliphatic imine (C=N–C) groups is 1. The third kappa shape index (κ3) is 7.58. The summed E-state index contributed by atoms with van der Waals surface area (Å²) in [6.45, 7) is 9.69. The van der Waals surface area contributed by atoms with Crippen molar-refractivity contribution in [2.75, 3.05) is 32.8 Å². The monoisotopic (exact) mass is 525 g/mol. The first kappa shape index (κ1) is 24.7. The van der Waals surface area contributed by atoms with Crippen molar-refractivity contribution in [2.24, 2.45) is 10.9 Å². The van der Waals surface area contributed by atoms with Crippen LogP contribution in [0.2, 0.25) is 0 Å². The summed E-state index contributed by atoms with van der Waals surface area (Å²) in [5, 5.41) is 3.48. The zero-order chi connectivity index (χ0) is 20.3. The number of hydrogen-bond acceptors (Lipinski definition) is 3. The van der Waals surface area contributed by atoms with Gasteiger partial charge in [0.2, 0.25) is 0 Å². The van der Waals surface area contributed by atoms with Crippen LogP contribution in [0.3, 0.4) is 0 Å². The van der Waals surface area contributed by atoms with Crippen LogP contribution < -0.4 is 5.32 Å². The number of likely N-dealkylation sites (tertiary alicyclic amines) is 1. The Hall–Kier alpha value is -1.61. The zero-order valence-corrected chi connectivity index (χ0v) is 20.6. The van der Waals surface area contributed by atoms with Gasteiger partial charge in [-0.25, -0.2) is 4.98 Å². The molecule has 6 nitrogen and oxygen atoms in total. The highest BCUT2D eigenvalue weighted by molar-refractivity contribution is 14.0. The molecule has 0 radical (unpaired) electrons. The molecule has 0 amide bonds. The lowest BCUT2D eigenvalue weighted by Crippen LogP contribution is -2.49. The van der Waals surface area contributed by atoms with Gasteiger partial charge in [-0.1, -0.05) is 37.3 Å². The number of aromatic nitrogens is 2. The van der Waals surface area contributed by atoms with Gasteiger partial charge in [-0.15, -0.1) is 24.0 Å². The minimum Gasteiger partial charge on any atom is -0.377 e. The standard InChI is InChI=1S/C23H35N5O.HI/c1-3-25-23(26-12-7-8-16-29-18-21-9-5-4-6-10-21)27-14-11-20(2)22(17-27)28-15-13-24-19-28;/h4-6,9-10,13,15,19-20,22H,3,7-8,11-12,14,16-18H2,1-2H3,(H,25,26);1H. The van der Waals surface area contributed by atoms with Crippen molar-refractivity contribution in [1.29, 1.82) is 0 Å². The van der Waals surface area contributed by atoms with Gasteiger partial charge in [-0.05, 0) is 37.7 Å². The number of piperidine rings is 1. The molecule has 166 valence electrons. The Morgan fingerprint density at radius 2 is 2.10 bits per heavy atom. The van der Waals surface area contributed by atoms with Crippen LogP contribution in [0.5, 0.6) is 0 Å². The molecule has 3 rings (SSSR count). The van der Waals surface area contributed by atoms with Crippen molar-refractivity contribution in [3.05, 3.63) is 54.6 Å². The Morgan fingerprint density at radius 1 is 1.27 bits per heavy atom. The third-order valence-electron chi connectivity index (χ3n) is 5.53. The normalized spacial score (nSPS) is 19.4. The highest BCUT2D eigenvalue weighted by Crippen LogP contribution is 2.27. The van der Waals surface area contributed by atoms with E-state index in [1.54, 1.807) is 0 Å². The van der Waals surface area contributed by atoms with Crippen LogP contribution in [-0.4, -0.2) is 53.2 Å². The Kier molecular flexibility index (Phi) is 11.2. The number of hydrogen-bond donors (Lipinski definition) is 1. The highest BCUT2D eigenvalue weighted by atomic mass is 127. The molecule has 0 bridgehead atoms. The van der Waals surface area contributed by atoms with Crippen LogP contribution in [0.4, 0.5) is 0 Å². The summed E-state index contributed by atoms with van der Waals surface area (Å²) in [4.78, 5) is 11.5. The predicted octanol–water partition coefficient (Wildman–Crippen LogP) is 4.35. The Bertz CT molecular complexity index is 722. The molecule has 2 atom stereocenters. The van der Waals surface area contributed by atoms with Gasteiger partial charge in [0.05, 0.1) is 19.0 Å². The molecular weight excluding hydrogens is 489 g/mol. The molecule has 30 heavy (non-hydrogen) atoms. The summed E-state index contributed by atoms with van der Waals surface area (Å²) in [6, 6.07) is 10.8. The first-order chi connectivity index (χ1) is 14.3. The Morgan fingerprint density at radius 3 is 2.83 bits per heavy atom. The van der Waals surface area contributed by atoms with Crippen molar-refractivity contribution in [1.82, 2.24) is 19.8 Å². The summed E-state index contributed by atoms with van der Waals surface area (Å²) < 4.78 is 8.02. The minimum absolute atomic E-state index is 0. The maximum Gasteiger partial charge on any atom is 0.193 e. The van der Waals surface area contributed by atoms with Crippen molar-refractivity contribution in [3.63, 3.8) is 0 Å². The van der Waals surface area contributed by atoms with Crippen LogP contribution in [0.15, 0.2) is 54.0 Å². The number of benzene rings is 1. The molecular formula is C23H36IN5O. The summed E-state index contributed by atoms with van der Waals surface area (Å²) in [6.07, 6.45) is 9.11. The number of ether oxygens (including phenoxy) is 1. The molecule has 1 aromatic carbocycles. The van der Waals surface area contributed by atoms with Gasteiger partial charge in [0.25, 0.3) is 0 Å². The van der Waals surface area contributed by atoms with E-state index in [9.17, 15) is 0 Å². The molecule has 2 aromatic rings. The fourth-order valence-corrected chi connectivity index (χ4v) is 3.79. The van der Waals surface area contributed by atoms with Gasteiger partial charge >= 0.3 is 0 Å². The van der Waals surface area contributed by atoms with Gasteiger partial charge in [0, 0.05) is 45.2 Å². The maximum absolute atomic E-state index is 5.77. The molecule has 1 N–H and O–H groups in total. The topological polar surface area (TPSA) is 54.7 Å². The van der Waals surface area contributed by atoms with Crippen molar-refractivity contribution >= 4 is 29.9 Å². The van der Waals surface area contributed by atoms with Crippen LogP contribution in [0, 0.1) is 5.92 Å². The average Bonchev–Trinajstić information content (AvgIpc) is 3.28. The molecule has 1 fully saturated rings. The van der Waals surface area contributed by atoms with E-state index in [1.807, 2.05) is 30.7 Å². The molecule has 1 aromatic heterocycles. The number of halogens is 1. The van der Waals surface area contributed by atoms with Gasteiger partial charge in [0.15, 0.2) is 5.96 Å². The average molecular weight is 525 g/mol. The quantitative estimate of drug-likeness (QED) is 0.229. The van der Waals surface area contributed by atoms with E-state index in [1.165, 1.54) is 12.0 Å². The molecule has 0 saturated carbocycles. The number of imidazole rings is 1. The zero-order valence-electron chi connectivity index (χ0n) is 18.2. The van der Waals surface area contributed by atoms with Crippen LogP contribution >= 0.6 is 24.0 Å². The van der Waals surface area contributed by atoms with E-state index in [-0.39, 0.29) is 24.0 Å². The second-order valence-corrected chi connectivity index (χ2v) is 7.77. The van der Waals surface area contributed by atoms with E-state index < -0.39 is 0 Å². The number of nitrogens with one attached hydrogen (secondary N) is 1. The summed E-state index contributed by atoms with van der Waals surface area (Å²) in [7, 11) is 0. The molecule has 1 aliphatic rings. The second-order valence-electron chi connectivity index (χ2n) is 7.77. The molecule has 1 saturated heterocycles. The van der Waals surface area contributed by atoms with E-state index in [0.717, 1.165) is 51.6 Å². The SMILES string of the molecule is CCNC(=NCCCCOCc1ccccc1)N1CCC(C)C(n2ccnc2)C1.I. The smallest absolute Gasteiger partial charge is 0.193 e. The Labute approximate surface area is 198 Å². The lowest BCUT2D eigenvalue weighted by Gasteiger charge is -2.39. The lowest BCUT2D eigenvalue weighted by atomic mass is 9.93. The van der Waals surface area contributed by atoms with Crippen molar-refractivity contribution in [2.45, 2.75) is 45.8 Å². The van der Waals surface area contributed by atoms with Crippen molar-refractivity contribution in [3.8, 4) is 0 Å². The van der Waals surface area contributed by atoms with Gasteiger partial charge in [-0.3, -0.25) is 4.99 Å². The fourth-order valence-electron chi connectivity index (χ4n) is 3.79. The first-order valence-electron chi connectivity index (χ1n) is 10.9. The molecule has 2 heterocycles. The number of rotatable bonds is 9. The summed E-state index contributed by atoms with van der Waals surface area (Å²) >= 11 is 0. The molecule has 0 aliphatic carbocycles. The van der Waals surface area contributed by atoms with E-state index >= 15 is 0 Å². The highest BCUT2D eigenvalue weighted by Gasteiger charge is 2.28. The van der Waals surface area contributed by atoms with Gasteiger partial charge < -0.3 is 19.5 Å². The minimum atomic E-state index is 0. The van der Waals surface area contributed by atoms with Crippen LogP contribution in [-0.2, 0) is 11.3 Å². The second kappa shape index (κ2) is 13.6. The largest absolute Gasteiger partial charge is 0.377 e. The van der Waals surface area contributed by atoms with Crippen molar-refractivity contribution < 1.29 is 4.74 Å². The van der Waals surface area contributed by atoms with E-state index in [4.69, 9.17) is 9.73 Å². The molecule has 7 heteroatoms. The van der Waals surface area contributed by atoms with E-state index in [0.29, 0.717) is 18.6 Å². The number of nitrogens with zero attached hydrogens (tertiary/aromatic N) is 4. The van der Waals surface area contributed by atoms with Gasteiger partial charge in [-0.2, -0.15) is 0 Å². The van der Waals surface area contributed by atoms with Gasteiger partial charge in [0.1, 0.15) is 0 Å². The van der Waals surface area contributed by atoms with Crippen LogP contribution in [0.1, 0.15) is 44.7 Å². The predicted molar refractivity (Wildman–Crippen MR) is 133 cm³/mol. The molecule has 0 spiro atoms. The third-order valence-corrected chi connectivity index (χ3v) is 5.53. The lowest BCUT2D eigenvalue weighted by molar-refractivity contribution is 0.117. The maximum atomic E-state index is 5.77. The molecule has 1 aliphatic heterocycles. The first-order valence-corrected chi connectivity index (χ1v) is 10.9.